The number of halogens is 1. The molecule has 1 aliphatic carbocycles. The Morgan fingerprint density at radius 3 is 2.60 bits per heavy atom. The second kappa shape index (κ2) is 5.90. The van der Waals surface area contributed by atoms with Gasteiger partial charge in [-0.2, -0.15) is 0 Å². The second-order valence-electron chi connectivity index (χ2n) is 7.11. The summed E-state index contributed by atoms with van der Waals surface area (Å²) in [7, 11) is 2.08. The van der Waals surface area contributed by atoms with Crippen LogP contribution in [0.5, 0.6) is 0 Å². The monoisotopic (exact) mass is 295 g/mol. The van der Waals surface area contributed by atoms with Gasteiger partial charge in [-0.25, -0.2) is 4.98 Å². The molecule has 0 spiro atoms. The largest absolute Gasteiger partial charge is 0.358 e. The van der Waals surface area contributed by atoms with E-state index in [-0.39, 0.29) is 5.54 Å². The number of nitrogens with one attached hydrogen (secondary N) is 1. The molecule has 1 aromatic heterocycles. The summed E-state index contributed by atoms with van der Waals surface area (Å²) in [5, 5.41) is 4.19. The van der Waals surface area contributed by atoms with Gasteiger partial charge in [-0.05, 0) is 50.7 Å². The van der Waals surface area contributed by atoms with Crippen LogP contribution in [0.1, 0.15) is 39.7 Å². The summed E-state index contributed by atoms with van der Waals surface area (Å²) in [6.07, 6.45) is 3.25. The number of pyridine rings is 1. The molecular weight excluding hydrogens is 270 g/mol. The molecule has 2 atom stereocenters. The lowest BCUT2D eigenvalue weighted by molar-refractivity contribution is 0.424. The van der Waals surface area contributed by atoms with Gasteiger partial charge in [-0.1, -0.05) is 18.5 Å². The fourth-order valence-electron chi connectivity index (χ4n) is 2.31. The minimum absolute atomic E-state index is 0.101. The molecule has 4 heteroatoms. The van der Waals surface area contributed by atoms with Gasteiger partial charge < -0.3 is 10.2 Å². The molecule has 3 nitrogen and oxygen atoms in total. The third-order valence-electron chi connectivity index (χ3n) is 3.85. The average molecular weight is 296 g/mol. The standard InChI is InChI=1S/C16H26ClN3/c1-11-6-13(11)10-20(5)15-14(17)7-12(8-18-15)9-19-16(2,3)4/h7-8,11,13,19H,6,9-10H2,1-5H3. The van der Waals surface area contributed by atoms with E-state index in [4.69, 9.17) is 11.6 Å². The van der Waals surface area contributed by atoms with Gasteiger partial charge in [0.15, 0.2) is 0 Å². The van der Waals surface area contributed by atoms with Gasteiger partial charge in [0.1, 0.15) is 5.82 Å². The van der Waals surface area contributed by atoms with E-state index >= 15 is 0 Å². The lowest BCUT2D eigenvalue weighted by Crippen LogP contribution is -2.35. The molecule has 1 saturated carbocycles. The Labute approximate surface area is 127 Å². The van der Waals surface area contributed by atoms with E-state index in [2.05, 4.69) is 49.9 Å². The maximum atomic E-state index is 6.38. The van der Waals surface area contributed by atoms with Crippen LogP contribution < -0.4 is 10.2 Å². The third-order valence-corrected chi connectivity index (χ3v) is 4.13. The minimum Gasteiger partial charge on any atom is -0.358 e. The molecule has 1 aliphatic rings. The number of anilines is 1. The zero-order chi connectivity index (χ0) is 14.9. The van der Waals surface area contributed by atoms with Crippen LogP contribution in [0.4, 0.5) is 5.82 Å². The Kier molecular flexibility index (Phi) is 4.60. The van der Waals surface area contributed by atoms with Crippen LogP contribution in [0.3, 0.4) is 0 Å². The summed E-state index contributed by atoms with van der Waals surface area (Å²) in [4.78, 5) is 6.72. The maximum Gasteiger partial charge on any atom is 0.147 e. The van der Waals surface area contributed by atoms with E-state index in [0.29, 0.717) is 0 Å². The molecule has 0 aliphatic heterocycles. The summed E-state index contributed by atoms with van der Waals surface area (Å²) in [5.41, 5.74) is 1.23. The Hall–Kier alpha value is -0.800. The molecule has 1 N–H and O–H groups in total. The first-order valence-electron chi connectivity index (χ1n) is 7.37. The van der Waals surface area contributed by atoms with Crippen molar-refractivity contribution in [2.24, 2.45) is 11.8 Å². The van der Waals surface area contributed by atoms with E-state index in [1.54, 1.807) is 0 Å². The molecule has 0 aromatic carbocycles. The van der Waals surface area contributed by atoms with Crippen LogP contribution in [0.2, 0.25) is 5.02 Å². The molecule has 0 radical (unpaired) electrons. The maximum absolute atomic E-state index is 6.38. The Morgan fingerprint density at radius 1 is 1.45 bits per heavy atom. The summed E-state index contributed by atoms with van der Waals surface area (Å²) in [6, 6.07) is 2.02. The predicted octanol–water partition coefficient (Wildman–Crippen LogP) is 3.72. The second-order valence-corrected chi connectivity index (χ2v) is 7.51. The molecule has 1 heterocycles. The fraction of sp³-hybridized carbons (Fsp3) is 0.688. The number of nitrogens with zero attached hydrogens (tertiary/aromatic N) is 2. The van der Waals surface area contributed by atoms with E-state index in [1.165, 1.54) is 6.42 Å². The molecule has 2 unspecified atom stereocenters. The van der Waals surface area contributed by atoms with Gasteiger partial charge in [0, 0.05) is 31.9 Å². The topological polar surface area (TPSA) is 28.2 Å². The first-order chi connectivity index (χ1) is 9.26. The molecule has 1 aromatic rings. The zero-order valence-electron chi connectivity index (χ0n) is 13.2. The van der Waals surface area contributed by atoms with E-state index in [0.717, 1.165) is 41.3 Å². The van der Waals surface area contributed by atoms with E-state index in [1.807, 2.05) is 12.3 Å². The van der Waals surface area contributed by atoms with Gasteiger partial charge in [0.25, 0.3) is 0 Å². The zero-order valence-corrected chi connectivity index (χ0v) is 14.0. The SMILES string of the molecule is CC1CC1CN(C)c1ncc(CNC(C)(C)C)cc1Cl. The van der Waals surface area contributed by atoms with Crippen LogP contribution in [0.15, 0.2) is 12.3 Å². The lowest BCUT2D eigenvalue weighted by atomic mass is 10.1. The van der Waals surface area contributed by atoms with Crippen molar-refractivity contribution in [2.45, 2.75) is 46.2 Å². The van der Waals surface area contributed by atoms with Gasteiger partial charge in [-0.15, -0.1) is 0 Å². The van der Waals surface area contributed by atoms with Crippen LogP contribution in [0.25, 0.3) is 0 Å². The van der Waals surface area contributed by atoms with Crippen LogP contribution >= 0.6 is 11.6 Å². The number of hydrogen-bond acceptors (Lipinski definition) is 3. The first kappa shape index (κ1) is 15.6. The van der Waals surface area contributed by atoms with Crippen molar-refractivity contribution in [1.82, 2.24) is 10.3 Å². The van der Waals surface area contributed by atoms with Crippen molar-refractivity contribution in [3.63, 3.8) is 0 Å². The molecule has 2 rings (SSSR count). The fourth-order valence-corrected chi connectivity index (χ4v) is 2.64. The van der Waals surface area contributed by atoms with E-state index < -0.39 is 0 Å². The van der Waals surface area contributed by atoms with Crippen molar-refractivity contribution in [3.8, 4) is 0 Å². The van der Waals surface area contributed by atoms with Gasteiger partial charge >= 0.3 is 0 Å². The average Bonchev–Trinajstić information content (AvgIpc) is 3.01. The van der Waals surface area contributed by atoms with Crippen molar-refractivity contribution >= 4 is 17.4 Å². The highest BCUT2D eigenvalue weighted by Gasteiger charge is 2.33. The number of aromatic nitrogens is 1. The minimum atomic E-state index is 0.101. The van der Waals surface area contributed by atoms with Gasteiger partial charge in [0.2, 0.25) is 0 Å². The molecule has 0 saturated heterocycles. The van der Waals surface area contributed by atoms with Crippen molar-refractivity contribution in [3.05, 3.63) is 22.8 Å². The Bertz CT molecular complexity index is 467. The molecule has 0 bridgehead atoms. The van der Waals surface area contributed by atoms with Crippen molar-refractivity contribution < 1.29 is 0 Å². The molecule has 0 amide bonds. The van der Waals surface area contributed by atoms with Crippen molar-refractivity contribution in [1.29, 1.82) is 0 Å². The van der Waals surface area contributed by atoms with Crippen LogP contribution in [-0.4, -0.2) is 24.1 Å². The van der Waals surface area contributed by atoms with Crippen LogP contribution in [-0.2, 0) is 6.54 Å². The summed E-state index contributed by atoms with van der Waals surface area (Å²) in [5.74, 6) is 2.55. The van der Waals surface area contributed by atoms with Gasteiger partial charge in [0.05, 0.1) is 5.02 Å². The molecule has 20 heavy (non-hydrogen) atoms. The number of hydrogen-bond donors (Lipinski definition) is 1. The highest BCUT2D eigenvalue weighted by molar-refractivity contribution is 6.33. The lowest BCUT2D eigenvalue weighted by Gasteiger charge is -2.22. The van der Waals surface area contributed by atoms with E-state index in [9.17, 15) is 0 Å². The summed E-state index contributed by atoms with van der Waals surface area (Å²) in [6.45, 7) is 10.6. The van der Waals surface area contributed by atoms with Crippen molar-refractivity contribution in [2.75, 3.05) is 18.5 Å². The normalized spacial score (nSPS) is 21.9. The highest BCUT2D eigenvalue weighted by Crippen LogP contribution is 2.39. The highest BCUT2D eigenvalue weighted by atomic mass is 35.5. The predicted molar refractivity (Wildman–Crippen MR) is 86.4 cm³/mol. The molecular formula is C16H26ClN3. The summed E-state index contributed by atoms with van der Waals surface area (Å²) < 4.78 is 0. The van der Waals surface area contributed by atoms with Gasteiger partial charge in [-0.3, -0.25) is 0 Å². The third kappa shape index (κ3) is 4.35. The quantitative estimate of drug-likeness (QED) is 0.897. The Balaban J connectivity index is 1.98. The van der Waals surface area contributed by atoms with Crippen LogP contribution in [0, 0.1) is 11.8 Å². The Morgan fingerprint density at radius 2 is 2.10 bits per heavy atom. The number of rotatable bonds is 5. The summed E-state index contributed by atoms with van der Waals surface area (Å²) >= 11 is 6.38. The smallest absolute Gasteiger partial charge is 0.147 e. The molecule has 1 fully saturated rings. The first-order valence-corrected chi connectivity index (χ1v) is 7.74. The molecule has 112 valence electrons.